The van der Waals surface area contributed by atoms with Crippen LogP contribution in [0, 0.1) is 5.82 Å². The summed E-state index contributed by atoms with van der Waals surface area (Å²) in [4.78, 5) is 0.103. The van der Waals surface area contributed by atoms with Gasteiger partial charge in [-0.15, -0.1) is 10.2 Å². The van der Waals surface area contributed by atoms with Gasteiger partial charge >= 0.3 is 0 Å². The van der Waals surface area contributed by atoms with E-state index in [9.17, 15) is 17.9 Å². The van der Waals surface area contributed by atoms with Crippen molar-refractivity contribution in [2.24, 2.45) is 7.05 Å². The lowest BCUT2D eigenvalue weighted by Crippen LogP contribution is -2.32. The quantitative estimate of drug-likeness (QED) is 0.518. The van der Waals surface area contributed by atoms with Crippen LogP contribution in [0.25, 0.3) is 11.4 Å². The molecule has 3 aromatic rings. The molecule has 0 aliphatic heterocycles. The second kappa shape index (κ2) is 9.76. The number of aromatic nitrogens is 3. The number of hydrogen-bond acceptors (Lipinski definition) is 5. The van der Waals surface area contributed by atoms with Crippen LogP contribution in [0.4, 0.5) is 10.1 Å². The minimum Gasteiger partial charge on any atom is -0.396 e. The Hall–Kier alpha value is -2.49. The molecule has 0 bridgehead atoms. The average Bonchev–Trinajstić information content (AvgIpc) is 3.11. The number of halogens is 2. The molecule has 1 heterocycles. The van der Waals surface area contributed by atoms with E-state index < -0.39 is 15.8 Å². The van der Waals surface area contributed by atoms with Gasteiger partial charge in [-0.05, 0) is 24.6 Å². The zero-order chi connectivity index (χ0) is 22.6. The number of benzene rings is 2. The molecule has 0 spiro atoms. The minimum atomic E-state index is -3.98. The van der Waals surface area contributed by atoms with Gasteiger partial charge in [0.15, 0.2) is 5.82 Å². The molecule has 1 aromatic heterocycles. The summed E-state index contributed by atoms with van der Waals surface area (Å²) in [6, 6.07) is 10.5. The van der Waals surface area contributed by atoms with Crippen molar-refractivity contribution in [2.45, 2.75) is 31.1 Å². The van der Waals surface area contributed by atoms with Gasteiger partial charge in [-0.2, -0.15) is 0 Å². The van der Waals surface area contributed by atoms with Gasteiger partial charge in [0.05, 0.1) is 22.2 Å². The number of hydrogen-bond donors (Lipinski definition) is 1. The Labute approximate surface area is 186 Å². The molecule has 0 saturated carbocycles. The van der Waals surface area contributed by atoms with Crippen molar-refractivity contribution in [2.75, 3.05) is 17.5 Å². The van der Waals surface area contributed by atoms with E-state index in [0.29, 0.717) is 23.6 Å². The number of nitrogens with zero attached hydrogens (tertiary/aromatic N) is 4. The maximum atomic E-state index is 14.5. The zero-order valence-corrected chi connectivity index (χ0v) is 18.9. The molecule has 0 amide bonds. The molecule has 0 unspecified atom stereocenters. The van der Waals surface area contributed by atoms with Gasteiger partial charge < -0.3 is 9.67 Å². The van der Waals surface area contributed by atoms with Crippen LogP contribution in [0.1, 0.15) is 25.6 Å². The van der Waals surface area contributed by atoms with Crippen LogP contribution >= 0.6 is 11.6 Å². The van der Waals surface area contributed by atoms with Crippen molar-refractivity contribution in [3.63, 3.8) is 0 Å². The van der Waals surface area contributed by atoms with E-state index in [1.54, 1.807) is 29.8 Å². The van der Waals surface area contributed by atoms with E-state index in [0.717, 1.165) is 12.5 Å². The summed E-state index contributed by atoms with van der Waals surface area (Å²) in [6.07, 6.45) is 1.59. The minimum absolute atomic E-state index is 0.103. The highest BCUT2D eigenvalue weighted by molar-refractivity contribution is 7.92. The molecule has 166 valence electrons. The fraction of sp³-hybridized carbons (Fsp3) is 0.333. The number of aliphatic hydroxyl groups is 1. The van der Waals surface area contributed by atoms with Crippen LogP contribution in [0.3, 0.4) is 0 Å². The highest BCUT2D eigenvalue weighted by Gasteiger charge is 2.29. The number of aliphatic hydroxyl groups excluding tert-OH is 1. The third-order valence-electron chi connectivity index (χ3n) is 4.89. The van der Waals surface area contributed by atoms with Crippen LogP contribution in [0.15, 0.2) is 47.4 Å². The van der Waals surface area contributed by atoms with Gasteiger partial charge in [-0.1, -0.05) is 43.1 Å². The highest BCUT2D eigenvalue weighted by Crippen LogP contribution is 2.37. The molecule has 0 radical (unpaired) electrons. The second-order valence-corrected chi connectivity index (χ2v) is 9.27. The molecule has 0 aliphatic carbocycles. The van der Waals surface area contributed by atoms with Crippen molar-refractivity contribution in [3.05, 3.63) is 59.1 Å². The fourth-order valence-corrected chi connectivity index (χ4v) is 4.93. The average molecular weight is 467 g/mol. The van der Waals surface area contributed by atoms with Crippen LogP contribution < -0.4 is 4.31 Å². The summed E-state index contributed by atoms with van der Waals surface area (Å²) in [6.45, 7) is 1.98. The Morgan fingerprint density at radius 1 is 1.19 bits per heavy atom. The molecule has 1 N–H and O–H groups in total. The summed E-state index contributed by atoms with van der Waals surface area (Å²) < 4.78 is 44.4. The monoisotopic (exact) mass is 466 g/mol. The van der Waals surface area contributed by atoms with E-state index in [1.165, 1.54) is 22.5 Å². The first kappa shape index (κ1) is 23.2. The smallest absolute Gasteiger partial charge is 0.264 e. The van der Waals surface area contributed by atoms with Gasteiger partial charge in [0, 0.05) is 31.6 Å². The fourth-order valence-electron chi connectivity index (χ4n) is 3.23. The third-order valence-corrected chi connectivity index (χ3v) is 7.01. The maximum absolute atomic E-state index is 14.5. The van der Waals surface area contributed by atoms with Gasteiger partial charge in [0.1, 0.15) is 11.6 Å². The molecular weight excluding hydrogens is 443 g/mol. The molecule has 7 nitrogen and oxygen atoms in total. The Bertz CT molecular complexity index is 1150. The van der Waals surface area contributed by atoms with Crippen molar-refractivity contribution < 1.29 is 17.9 Å². The third kappa shape index (κ3) is 4.73. The Morgan fingerprint density at radius 2 is 1.90 bits per heavy atom. The van der Waals surface area contributed by atoms with E-state index in [4.69, 9.17) is 11.6 Å². The zero-order valence-electron chi connectivity index (χ0n) is 17.3. The molecule has 2 aromatic carbocycles. The van der Waals surface area contributed by atoms with Gasteiger partial charge in [-0.3, -0.25) is 4.31 Å². The molecule has 0 atom stereocenters. The van der Waals surface area contributed by atoms with Gasteiger partial charge in [0.25, 0.3) is 10.0 Å². The standard InChI is InChI=1S/C21H24ClFN4O3S/c1-3-4-11-27(31(29,30)15-8-6-5-7-9-15)19-14-18(23)17(22)13-16(19)21-25-24-20(10-12-28)26(21)2/h5-9,13-14,28H,3-4,10-12H2,1-2H3. The van der Waals surface area contributed by atoms with Crippen LogP contribution in [-0.2, 0) is 23.5 Å². The molecular formula is C21H24ClFN4O3S. The van der Waals surface area contributed by atoms with Crippen molar-refractivity contribution >= 4 is 27.3 Å². The Kier molecular flexibility index (Phi) is 7.30. The van der Waals surface area contributed by atoms with Crippen LogP contribution in [0.2, 0.25) is 5.02 Å². The highest BCUT2D eigenvalue weighted by atomic mass is 35.5. The van der Waals surface area contributed by atoms with E-state index in [1.807, 2.05) is 6.92 Å². The largest absolute Gasteiger partial charge is 0.396 e. The number of anilines is 1. The Balaban J connectivity index is 2.23. The molecule has 0 fully saturated rings. The first-order valence-corrected chi connectivity index (χ1v) is 11.7. The lowest BCUT2D eigenvalue weighted by Gasteiger charge is -2.27. The normalized spacial score (nSPS) is 11.6. The first-order valence-electron chi connectivity index (χ1n) is 9.87. The predicted molar refractivity (Wildman–Crippen MR) is 118 cm³/mol. The SMILES string of the molecule is CCCCN(c1cc(F)c(Cl)cc1-c1nnc(CCO)n1C)S(=O)(=O)c1ccccc1. The molecule has 3 rings (SSSR count). The van der Waals surface area contributed by atoms with Crippen LogP contribution in [-0.4, -0.2) is 41.4 Å². The van der Waals surface area contributed by atoms with Crippen LogP contribution in [0.5, 0.6) is 0 Å². The van der Waals surface area contributed by atoms with Crippen molar-refractivity contribution in [1.29, 1.82) is 0 Å². The van der Waals surface area contributed by atoms with E-state index in [2.05, 4.69) is 10.2 Å². The van der Waals surface area contributed by atoms with Crippen molar-refractivity contribution in [1.82, 2.24) is 14.8 Å². The molecule has 31 heavy (non-hydrogen) atoms. The summed E-state index contributed by atoms with van der Waals surface area (Å²) in [5, 5.41) is 17.3. The summed E-state index contributed by atoms with van der Waals surface area (Å²) in [5.74, 6) is 0.1000. The second-order valence-electron chi connectivity index (χ2n) is 7.00. The number of rotatable bonds is 9. The van der Waals surface area contributed by atoms with Crippen molar-refractivity contribution in [3.8, 4) is 11.4 Å². The predicted octanol–water partition coefficient (Wildman–Crippen LogP) is 3.80. The first-order chi connectivity index (χ1) is 14.8. The maximum Gasteiger partial charge on any atom is 0.264 e. The number of unbranched alkanes of at least 4 members (excludes halogenated alkanes) is 1. The molecule has 0 saturated heterocycles. The van der Waals surface area contributed by atoms with Gasteiger partial charge in [0.2, 0.25) is 0 Å². The summed E-state index contributed by atoms with van der Waals surface area (Å²) >= 11 is 6.06. The van der Waals surface area contributed by atoms with E-state index in [-0.39, 0.29) is 35.2 Å². The summed E-state index contributed by atoms with van der Waals surface area (Å²) in [5.41, 5.74) is 0.464. The lowest BCUT2D eigenvalue weighted by molar-refractivity contribution is 0.295. The number of sulfonamides is 1. The lowest BCUT2D eigenvalue weighted by atomic mass is 10.1. The van der Waals surface area contributed by atoms with Gasteiger partial charge in [-0.25, -0.2) is 12.8 Å². The Morgan fingerprint density at radius 3 is 2.55 bits per heavy atom. The molecule has 10 heteroatoms. The topological polar surface area (TPSA) is 88.3 Å². The van der Waals surface area contributed by atoms with E-state index >= 15 is 0 Å². The molecule has 0 aliphatic rings. The summed E-state index contributed by atoms with van der Waals surface area (Å²) in [7, 11) is -2.28.